The van der Waals surface area contributed by atoms with E-state index in [1.54, 1.807) is 0 Å². The number of non-ortho nitro benzene ring substituents is 1. The monoisotopic (exact) mass is 284 g/mol. The first-order chi connectivity index (χ1) is 9.31. The number of anilines is 1. The Labute approximate surface area is 116 Å². The maximum atomic E-state index is 13.1. The predicted octanol–water partition coefficient (Wildman–Crippen LogP) is 4.52. The minimum atomic E-state index is -2.73. The summed E-state index contributed by atoms with van der Waals surface area (Å²) in [5.74, 6) is 0. The van der Waals surface area contributed by atoms with Crippen LogP contribution in [0.4, 0.5) is 20.2 Å². The molecule has 1 saturated carbocycles. The Morgan fingerprint density at radius 3 is 2.65 bits per heavy atom. The van der Waals surface area contributed by atoms with E-state index in [2.05, 4.69) is 19.2 Å². The predicted molar refractivity (Wildman–Crippen MR) is 73.1 cm³/mol. The van der Waals surface area contributed by atoms with E-state index in [-0.39, 0.29) is 22.7 Å². The van der Waals surface area contributed by atoms with E-state index in [0.29, 0.717) is 5.69 Å². The van der Waals surface area contributed by atoms with E-state index in [4.69, 9.17) is 0 Å². The highest BCUT2D eigenvalue weighted by Crippen LogP contribution is 2.40. The standard InChI is InChI=1S/C14H18F2N2O2/c1-14(2)7-3-4-12(14)17-11-6-5-9(18(19)20)8-10(11)13(15)16/h5-6,8,12-13,17H,3-4,7H2,1-2H3. The van der Waals surface area contributed by atoms with Gasteiger partial charge in [-0.15, -0.1) is 0 Å². The first kappa shape index (κ1) is 14.7. The molecule has 0 saturated heterocycles. The first-order valence-corrected chi connectivity index (χ1v) is 6.64. The van der Waals surface area contributed by atoms with Crippen molar-refractivity contribution in [3.63, 3.8) is 0 Å². The van der Waals surface area contributed by atoms with Crippen molar-refractivity contribution in [3.8, 4) is 0 Å². The Morgan fingerprint density at radius 2 is 2.15 bits per heavy atom. The van der Waals surface area contributed by atoms with E-state index in [1.807, 2.05) is 0 Å². The van der Waals surface area contributed by atoms with E-state index in [0.717, 1.165) is 25.3 Å². The van der Waals surface area contributed by atoms with E-state index >= 15 is 0 Å². The van der Waals surface area contributed by atoms with Crippen molar-refractivity contribution < 1.29 is 13.7 Å². The third-order valence-corrected chi connectivity index (χ3v) is 4.07. The summed E-state index contributed by atoms with van der Waals surface area (Å²) in [5, 5.41) is 13.8. The molecule has 1 N–H and O–H groups in total. The number of rotatable bonds is 4. The normalized spacial score (nSPS) is 21.1. The van der Waals surface area contributed by atoms with Gasteiger partial charge in [-0.05, 0) is 24.3 Å². The summed E-state index contributed by atoms with van der Waals surface area (Å²) in [6.07, 6.45) is 0.289. The lowest BCUT2D eigenvalue weighted by atomic mass is 9.87. The van der Waals surface area contributed by atoms with Crippen LogP contribution in [0.15, 0.2) is 18.2 Å². The summed E-state index contributed by atoms with van der Waals surface area (Å²) in [5.41, 5.74) is -0.273. The number of nitro groups is 1. The second-order valence-corrected chi connectivity index (χ2v) is 5.91. The summed E-state index contributed by atoms with van der Waals surface area (Å²) in [4.78, 5) is 10.0. The van der Waals surface area contributed by atoms with Crippen LogP contribution in [0.3, 0.4) is 0 Å². The average Bonchev–Trinajstić information content (AvgIpc) is 2.68. The smallest absolute Gasteiger partial charge is 0.270 e. The highest BCUT2D eigenvalue weighted by Gasteiger charge is 2.35. The van der Waals surface area contributed by atoms with Gasteiger partial charge in [-0.3, -0.25) is 10.1 Å². The molecule has 1 fully saturated rings. The molecule has 1 atom stereocenters. The molecule has 1 aromatic carbocycles. The van der Waals surface area contributed by atoms with Gasteiger partial charge >= 0.3 is 0 Å². The second-order valence-electron chi connectivity index (χ2n) is 5.91. The molecule has 20 heavy (non-hydrogen) atoms. The van der Waals surface area contributed by atoms with Crippen LogP contribution in [0.2, 0.25) is 0 Å². The second kappa shape index (κ2) is 5.34. The molecular weight excluding hydrogens is 266 g/mol. The van der Waals surface area contributed by atoms with E-state index < -0.39 is 11.3 Å². The summed E-state index contributed by atoms with van der Waals surface area (Å²) < 4.78 is 26.1. The summed E-state index contributed by atoms with van der Waals surface area (Å²) in [7, 11) is 0. The lowest BCUT2D eigenvalue weighted by Gasteiger charge is -2.29. The molecule has 0 aliphatic heterocycles. The Morgan fingerprint density at radius 1 is 1.45 bits per heavy atom. The molecule has 1 aliphatic rings. The first-order valence-electron chi connectivity index (χ1n) is 6.64. The molecular formula is C14H18F2N2O2. The van der Waals surface area contributed by atoms with Gasteiger partial charge in [-0.25, -0.2) is 8.78 Å². The molecule has 6 heteroatoms. The highest BCUT2D eigenvalue weighted by molar-refractivity contribution is 5.57. The van der Waals surface area contributed by atoms with Gasteiger partial charge in [-0.1, -0.05) is 20.3 Å². The minimum absolute atomic E-state index is 0.0428. The van der Waals surface area contributed by atoms with Crippen molar-refractivity contribution in [1.29, 1.82) is 0 Å². The Bertz CT molecular complexity index is 518. The molecule has 4 nitrogen and oxygen atoms in total. The number of alkyl halides is 2. The van der Waals surface area contributed by atoms with Gasteiger partial charge in [0, 0.05) is 29.4 Å². The topological polar surface area (TPSA) is 55.2 Å². The van der Waals surface area contributed by atoms with Gasteiger partial charge < -0.3 is 5.32 Å². The average molecular weight is 284 g/mol. The van der Waals surface area contributed by atoms with Gasteiger partial charge in [0.05, 0.1) is 4.92 Å². The molecule has 110 valence electrons. The number of benzene rings is 1. The SMILES string of the molecule is CC1(C)CCCC1Nc1ccc([N+](=O)[O-])cc1C(F)F. The number of hydrogen-bond acceptors (Lipinski definition) is 3. The Kier molecular flexibility index (Phi) is 3.92. The maximum absolute atomic E-state index is 13.1. The minimum Gasteiger partial charge on any atom is -0.381 e. The highest BCUT2D eigenvalue weighted by atomic mass is 19.3. The van der Waals surface area contributed by atoms with Crippen LogP contribution in [0.1, 0.15) is 45.1 Å². The molecule has 0 amide bonds. The zero-order valence-electron chi connectivity index (χ0n) is 11.5. The van der Waals surface area contributed by atoms with Crippen LogP contribution in [-0.4, -0.2) is 11.0 Å². The number of nitrogens with one attached hydrogen (secondary N) is 1. The number of nitro benzene ring substituents is 1. The van der Waals surface area contributed by atoms with Gasteiger partial charge in [0.1, 0.15) is 0 Å². The van der Waals surface area contributed by atoms with Crippen molar-refractivity contribution in [2.75, 3.05) is 5.32 Å². The van der Waals surface area contributed by atoms with Gasteiger partial charge in [0.2, 0.25) is 0 Å². The number of nitrogens with zero attached hydrogens (tertiary/aromatic N) is 1. The molecule has 2 rings (SSSR count). The largest absolute Gasteiger partial charge is 0.381 e. The van der Waals surface area contributed by atoms with Crippen LogP contribution in [0.5, 0.6) is 0 Å². The Hall–Kier alpha value is -1.72. The molecule has 1 aliphatic carbocycles. The lowest BCUT2D eigenvalue weighted by molar-refractivity contribution is -0.385. The summed E-state index contributed by atoms with van der Waals surface area (Å²) in [6.45, 7) is 4.20. The molecule has 0 heterocycles. The number of halogens is 2. The third-order valence-electron chi connectivity index (χ3n) is 4.07. The third kappa shape index (κ3) is 2.89. The van der Waals surface area contributed by atoms with Crippen molar-refractivity contribution in [1.82, 2.24) is 0 Å². The van der Waals surface area contributed by atoms with Crippen LogP contribution in [-0.2, 0) is 0 Å². The Balaban J connectivity index is 2.29. The molecule has 1 unspecified atom stereocenters. The van der Waals surface area contributed by atoms with Crippen molar-refractivity contribution in [2.24, 2.45) is 5.41 Å². The van der Waals surface area contributed by atoms with Gasteiger partial charge in [0.15, 0.2) is 0 Å². The van der Waals surface area contributed by atoms with Crippen LogP contribution in [0, 0.1) is 15.5 Å². The fourth-order valence-electron chi connectivity index (χ4n) is 2.76. The maximum Gasteiger partial charge on any atom is 0.270 e. The van der Waals surface area contributed by atoms with Crippen LogP contribution < -0.4 is 5.32 Å². The summed E-state index contributed by atoms with van der Waals surface area (Å²) in [6, 6.07) is 3.71. The molecule has 0 bridgehead atoms. The van der Waals surface area contributed by atoms with Crippen LogP contribution in [0.25, 0.3) is 0 Å². The van der Waals surface area contributed by atoms with Gasteiger partial charge in [-0.2, -0.15) is 0 Å². The molecule has 1 aromatic rings. The lowest BCUT2D eigenvalue weighted by Crippen LogP contribution is -2.31. The molecule has 0 radical (unpaired) electrons. The fraction of sp³-hybridized carbons (Fsp3) is 0.571. The quantitative estimate of drug-likeness (QED) is 0.653. The van der Waals surface area contributed by atoms with E-state index in [1.165, 1.54) is 12.1 Å². The molecule has 0 aromatic heterocycles. The van der Waals surface area contributed by atoms with Crippen LogP contribution >= 0.6 is 0 Å². The fourth-order valence-corrected chi connectivity index (χ4v) is 2.76. The summed E-state index contributed by atoms with van der Waals surface area (Å²) >= 11 is 0. The number of hydrogen-bond donors (Lipinski definition) is 1. The van der Waals surface area contributed by atoms with Crippen molar-refractivity contribution in [3.05, 3.63) is 33.9 Å². The van der Waals surface area contributed by atoms with Crippen molar-refractivity contribution >= 4 is 11.4 Å². The zero-order chi connectivity index (χ0) is 14.9. The van der Waals surface area contributed by atoms with Crippen molar-refractivity contribution in [2.45, 2.75) is 45.6 Å². The van der Waals surface area contributed by atoms with E-state index in [9.17, 15) is 18.9 Å². The zero-order valence-corrected chi connectivity index (χ0v) is 11.5. The van der Waals surface area contributed by atoms with Gasteiger partial charge in [0.25, 0.3) is 12.1 Å². The molecule has 0 spiro atoms.